The Morgan fingerprint density at radius 3 is 2.21 bits per heavy atom. The molecule has 5 amide bonds. The molecule has 1 aromatic rings. The summed E-state index contributed by atoms with van der Waals surface area (Å²) < 4.78 is 37.6. The van der Waals surface area contributed by atoms with E-state index in [1.165, 1.54) is 0 Å². The minimum atomic E-state index is -4.78. The third kappa shape index (κ3) is 4.91. The summed E-state index contributed by atoms with van der Waals surface area (Å²) in [5, 5.41) is 2.82. The number of nitrogens with one attached hydrogen (secondary N) is 2. The molecular weight excluding hydrogens is 393 g/mol. The van der Waals surface area contributed by atoms with Crippen LogP contribution >= 0.6 is 0 Å². The SMILES string of the molecule is O=C(Nc1ccccc1)C1CC[NH+](CN2C(=O)C(=O)N(CC(F)(F)F)C2=O)CC1. The first kappa shape index (κ1) is 20.8. The van der Waals surface area contributed by atoms with Crippen molar-refractivity contribution < 1.29 is 37.2 Å². The Kier molecular flexibility index (Phi) is 5.87. The summed E-state index contributed by atoms with van der Waals surface area (Å²) in [5.41, 5.74) is 0.684. The van der Waals surface area contributed by atoms with E-state index in [4.69, 9.17) is 0 Å². The van der Waals surface area contributed by atoms with Crippen molar-refractivity contribution in [1.82, 2.24) is 9.80 Å². The van der Waals surface area contributed by atoms with Gasteiger partial charge in [0.25, 0.3) is 0 Å². The number of halogens is 3. The van der Waals surface area contributed by atoms with E-state index in [-0.39, 0.29) is 23.4 Å². The van der Waals surface area contributed by atoms with Crippen molar-refractivity contribution in [3.05, 3.63) is 30.3 Å². The van der Waals surface area contributed by atoms with Crippen LogP contribution in [0.5, 0.6) is 0 Å². The summed E-state index contributed by atoms with van der Waals surface area (Å²) in [6.45, 7) is -1.11. The maximum absolute atomic E-state index is 12.5. The first-order valence-electron chi connectivity index (χ1n) is 9.09. The van der Waals surface area contributed by atoms with Crippen LogP contribution in [0, 0.1) is 5.92 Å². The van der Waals surface area contributed by atoms with Gasteiger partial charge < -0.3 is 10.2 Å². The minimum absolute atomic E-state index is 0.0815. The van der Waals surface area contributed by atoms with Crippen molar-refractivity contribution in [2.24, 2.45) is 5.92 Å². The summed E-state index contributed by atoms with van der Waals surface area (Å²) in [5.74, 6) is -3.10. The van der Waals surface area contributed by atoms with Crippen LogP contribution in [-0.4, -0.2) is 66.0 Å². The van der Waals surface area contributed by atoms with E-state index >= 15 is 0 Å². The van der Waals surface area contributed by atoms with Gasteiger partial charge in [0, 0.05) is 24.4 Å². The lowest BCUT2D eigenvalue weighted by atomic mass is 9.96. The highest BCUT2D eigenvalue weighted by atomic mass is 19.4. The summed E-state index contributed by atoms with van der Waals surface area (Å²) in [4.78, 5) is 49.3. The van der Waals surface area contributed by atoms with E-state index in [1.54, 1.807) is 24.3 Å². The summed E-state index contributed by atoms with van der Waals surface area (Å²) in [6, 6.07) is 7.72. The van der Waals surface area contributed by atoms with E-state index in [2.05, 4.69) is 5.32 Å². The van der Waals surface area contributed by atoms with Crippen LogP contribution in [0.3, 0.4) is 0 Å². The number of quaternary nitrogens is 1. The van der Waals surface area contributed by atoms with Crippen molar-refractivity contribution in [2.75, 3.05) is 31.6 Å². The number of urea groups is 1. The number of hydrogen-bond acceptors (Lipinski definition) is 4. The van der Waals surface area contributed by atoms with Gasteiger partial charge in [-0.2, -0.15) is 13.2 Å². The maximum atomic E-state index is 12.5. The molecule has 0 atom stereocenters. The van der Waals surface area contributed by atoms with Crippen LogP contribution < -0.4 is 10.2 Å². The molecule has 2 heterocycles. The number of carbonyl (C=O) groups excluding carboxylic acids is 4. The number of amides is 5. The average Bonchev–Trinajstić information content (AvgIpc) is 2.86. The van der Waals surface area contributed by atoms with Crippen LogP contribution in [0.25, 0.3) is 0 Å². The Hall–Kier alpha value is -2.95. The molecule has 156 valence electrons. The average molecular weight is 413 g/mol. The van der Waals surface area contributed by atoms with E-state index in [9.17, 15) is 32.3 Å². The highest BCUT2D eigenvalue weighted by molar-refractivity contribution is 6.44. The van der Waals surface area contributed by atoms with Gasteiger partial charge in [0.1, 0.15) is 6.54 Å². The number of nitrogens with zero attached hydrogens (tertiary/aromatic N) is 2. The fourth-order valence-corrected chi connectivity index (χ4v) is 3.44. The number of imide groups is 2. The monoisotopic (exact) mass is 413 g/mol. The van der Waals surface area contributed by atoms with Gasteiger partial charge in [0.05, 0.1) is 13.1 Å². The lowest BCUT2D eigenvalue weighted by molar-refractivity contribution is -0.912. The molecule has 8 nitrogen and oxygen atoms in total. The van der Waals surface area contributed by atoms with Gasteiger partial charge in [0.2, 0.25) is 5.91 Å². The number of anilines is 1. The zero-order valence-electron chi connectivity index (χ0n) is 15.4. The van der Waals surface area contributed by atoms with Crippen molar-refractivity contribution in [3.63, 3.8) is 0 Å². The van der Waals surface area contributed by atoms with Crippen molar-refractivity contribution in [2.45, 2.75) is 19.0 Å². The molecule has 0 aliphatic carbocycles. The molecule has 0 spiro atoms. The summed E-state index contributed by atoms with van der Waals surface area (Å²) in [7, 11) is 0. The van der Waals surface area contributed by atoms with Crippen molar-refractivity contribution in [1.29, 1.82) is 0 Å². The molecule has 0 radical (unpaired) electrons. The lowest BCUT2D eigenvalue weighted by Crippen LogP contribution is -3.14. The van der Waals surface area contributed by atoms with Crippen LogP contribution in [0.4, 0.5) is 23.7 Å². The Labute approximate surface area is 164 Å². The second kappa shape index (κ2) is 8.19. The Balaban J connectivity index is 1.52. The minimum Gasteiger partial charge on any atom is -0.326 e. The zero-order valence-corrected chi connectivity index (χ0v) is 15.4. The number of carbonyl (C=O) groups is 4. The Morgan fingerprint density at radius 1 is 1.03 bits per heavy atom. The highest BCUT2D eigenvalue weighted by Crippen LogP contribution is 2.21. The largest absolute Gasteiger partial charge is 0.406 e. The molecule has 1 aromatic carbocycles. The molecule has 2 aliphatic heterocycles. The molecule has 2 aliphatic rings. The molecule has 11 heteroatoms. The van der Waals surface area contributed by atoms with Crippen molar-refractivity contribution >= 4 is 29.4 Å². The molecule has 2 N–H and O–H groups in total. The predicted octanol–water partition coefficient (Wildman–Crippen LogP) is 0.231. The van der Waals surface area contributed by atoms with Crippen LogP contribution in [0.2, 0.25) is 0 Å². The van der Waals surface area contributed by atoms with Crippen LogP contribution in [-0.2, 0) is 14.4 Å². The van der Waals surface area contributed by atoms with Crippen LogP contribution in [0.1, 0.15) is 12.8 Å². The number of hydrogen-bond donors (Lipinski definition) is 2. The number of alkyl halides is 3. The number of rotatable bonds is 5. The van der Waals surface area contributed by atoms with Gasteiger partial charge in [-0.15, -0.1) is 0 Å². The van der Waals surface area contributed by atoms with Gasteiger partial charge in [-0.05, 0) is 12.1 Å². The molecule has 0 unspecified atom stereocenters. The number of para-hydroxylation sites is 1. The maximum Gasteiger partial charge on any atom is 0.406 e. The second-order valence-corrected chi connectivity index (χ2v) is 7.06. The van der Waals surface area contributed by atoms with Gasteiger partial charge >= 0.3 is 24.0 Å². The number of likely N-dealkylation sites (tertiary alicyclic amines) is 1. The molecule has 29 heavy (non-hydrogen) atoms. The van der Waals surface area contributed by atoms with Gasteiger partial charge in [0.15, 0.2) is 6.67 Å². The molecule has 0 aromatic heterocycles. The molecule has 2 saturated heterocycles. The third-order valence-corrected chi connectivity index (χ3v) is 4.96. The standard InChI is InChI=1S/C18H19F3N4O4/c19-18(20,21)10-24-15(27)16(28)25(17(24)29)11-23-8-6-12(7-9-23)14(26)22-13-4-2-1-3-5-13/h1-5,12H,6-11H2,(H,22,26)/p+1. The summed E-state index contributed by atoms with van der Waals surface area (Å²) >= 11 is 0. The Morgan fingerprint density at radius 2 is 1.62 bits per heavy atom. The Bertz CT molecular complexity index is 807. The van der Waals surface area contributed by atoms with E-state index < -0.39 is 30.6 Å². The molecule has 0 bridgehead atoms. The van der Waals surface area contributed by atoms with Crippen molar-refractivity contribution in [3.8, 4) is 0 Å². The second-order valence-electron chi connectivity index (χ2n) is 7.06. The topological polar surface area (TPSA) is 91.2 Å². The fraction of sp³-hybridized carbons (Fsp3) is 0.444. The number of benzene rings is 1. The van der Waals surface area contributed by atoms with E-state index in [1.807, 2.05) is 6.07 Å². The predicted molar refractivity (Wildman–Crippen MR) is 93.4 cm³/mol. The summed E-state index contributed by atoms with van der Waals surface area (Å²) in [6.07, 6.45) is -3.80. The van der Waals surface area contributed by atoms with Gasteiger partial charge in [-0.3, -0.25) is 14.4 Å². The zero-order chi connectivity index (χ0) is 21.2. The smallest absolute Gasteiger partial charge is 0.326 e. The number of piperidine rings is 1. The third-order valence-electron chi connectivity index (χ3n) is 4.96. The lowest BCUT2D eigenvalue weighted by Gasteiger charge is -2.30. The molecular formula is C18H20F3N4O4+. The van der Waals surface area contributed by atoms with E-state index in [0.29, 0.717) is 36.5 Å². The highest BCUT2D eigenvalue weighted by Gasteiger charge is 2.50. The first-order chi connectivity index (χ1) is 13.7. The van der Waals surface area contributed by atoms with Gasteiger partial charge in [-0.25, -0.2) is 14.6 Å². The molecule has 0 saturated carbocycles. The molecule has 2 fully saturated rings. The fourth-order valence-electron chi connectivity index (χ4n) is 3.44. The first-order valence-corrected chi connectivity index (χ1v) is 9.09. The van der Waals surface area contributed by atoms with Gasteiger partial charge in [-0.1, -0.05) is 18.2 Å². The molecule has 3 rings (SSSR count). The van der Waals surface area contributed by atoms with Crippen LogP contribution in [0.15, 0.2) is 30.3 Å². The van der Waals surface area contributed by atoms with E-state index in [0.717, 1.165) is 4.90 Å². The quantitative estimate of drug-likeness (QED) is 0.534. The normalized spacial score (nSPS) is 22.9.